The van der Waals surface area contributed by atoms with Crippen LogP contribution >= 0.6 is 0 Å². The van der Waals surface area contributed by atoms with Gasteiger partial charge in [-0.3, -0.25) is 9.59 Å². The quantitative estimate of drug-likeness (QED) is 0.858. The third kappa shape index (κ3) is 4.83. The van der Waals surface area contributed by atoms with Crippen LogP contribution in [0.3, 0.4) is 0 Å². The average Bonchev–Trinajstić information content (AvgIpc) is 2.58. The SMILES string of the molecule is CCC(C)NC(=O)C1CCC(C(=O)Nc2cc(C)ccc2C)CC1. The summed E-state index contributed by atoms with van der Waals surface area (Å²) in [5.74, 6) is 0.309. The summed E-state index contributed by atoms with van der Waals surface area (Å²) in [6.07, 6.45) is 4.12. The number of amides is 2. The van der Waals surface area contributed by atoms with Gasteiger partial charge in [-0.05, 0) is 70.1 Å². The van der Waals surface area contributed by atoms with E-state index in [-0.39, 0.29) is 29.7 Å². The van der Waals surface area contributed by atoms with Crippen molar-refractivity contribution in [1.82, 2.24) is 5.32 Å². The third-order valence-corrected chi connectivity index (χ3v) is 5.12. The van der Waals surface area contributed by atoms with Crippen molar-refractivity contribution in [2.24, 2.45) is 11.8 Å². The molecule has 1 atom stereocenters. The Bertz CT molecular complexity index is 589. The fourth-order valence-corrected chi connectivity index (χ4v) is 3.19. The van der Waals surface area contributed by atoms with E-state index in [4.69, 9.17) is 0 Å². The Kier molecular flexibility index (Phi) is 6.41. The molecule has 2 N–H and O–H groups in total. The van der Waals surface area contributed by atoms with Crippen LogP contribution in [0.1, 0.15) is 57.1 Å². The van der Waals surface area contributed by atoms with Crippen molar-refractivity contribution in [3.05, 3.63) is 29.3 Å². The zero-order valence-corrected chi connectivity index (χ0v) is 15.3. The van der Waals surface area contributed by atoms with E-state index in [0.717, 1.165) is 48.9 Å². The molecule has 0 heterocycles. The molecule has 1 aromatic rings. The van der Waals surface area contributed by atoms with Crippen LogP contribution in [0.4, 0.5) is 5.69 Å². The molecule has 1 unspecified atom stereocenters. The van der Waals surface area contributed by atoms with Crippen LogP contribution in [0.5, 0.6) is 0 Å². The first-order chi connectivity index (χ1) is 11.4. The summed E-state index contributed by atoms with van der Waals surface area (Å²) >= 11 is 0. The molecule has 1 aliphatic rings. The van der Waals surface area contributed by atoms with Crippen LogP contribution in [0, 0.1) is 25.7 Å². The Labute approximate surface area is 145 Å². The van der Waals surface area contributed by atoms with Crippen LogP contribution in [0.15, 0.2) is 18.2 Å². The van der Waals surface area contributed by atoms with Crippen LogP contribution in [0.2, 0.25) is 0 Å². The van der Waals surface area contributed by atoms with Gasteiger partial charge in [0.05, 0.1) is 0 Å². The molecule has 0 aromatic heterocycles. The standard InChI is InChI=1S/C20H30N2O2/c1-5-15(4)21-19(23)16-8-10-17(11-9-16)20(24)22-18-12-13(2)6-7-14(18)3/h6-7,12,15-17H,5,8-11H2,1-4H3,(H,21,23)(H,22,24). The lowest BCUT2D eigenvalue weighted by Crippen LogP contribution is -2.39. The van der Waals surface area contributed by atoms with Gasteiger partial charge in [-0.1, -0.05) is 19.1 Å². The number of nitrogens with one attached hydrogen (secondary N) is 2. The molecule has 0 bridgehead atoms. The molecule has 132 valence electrons. The van der Waals surface area contributed by atoms with Crippen molar-refractivity contribution in [3.63, 3.8) is 0 Å². The number of aryl methyl sites for hydroxylation is 2. The number of hydrogen-bond donors (Lipinski definition) is 2. The maximum atomic E-state index is 12.5. The number of rotatable bonds is 5. The Balaban J connectivity index is 1.86. The Morgan fingerprint density at radius 1 is 1.08 bits per heavy atom. The van der Waals surface area contributed by atoms with Crippen molar-refractivity contribution in [2.45, 2.75) is 65.8 Å². The van der Waals surface area contributed by atoms with E-state index in [1.54, 1.807) is 0 Å². The van der Waals surface area contributed by atoms with E-state index in [2.05, 4.69) is 17.6 Å². The van der Waals surface area contributed by atoms with Crippen molar-refractivity contribution < 1.29 is 9.59 Å². The second kappa shape index (κ2) is 8.32. The molecular weight excluding hydrogens is 300 g/mol. The minimum absolute atomic E-state index is 0.0116. The Morgan fingerprint density at radius 2 is 1.67 bits per heavy atom. The fourth-order valence-electron chi connectivity index (χ4n) is 3.19. The molecule has 4 heteroatoms. The minimum atomic E-state index is 0.0116. The Hall–Kier alpha value is -1.84. The molecule has 0 saturated heterocycles. The highest BCUT2D eigenvalue weighted by Crippen LogP contribution is 2.30. The van der Waals surface area contributed by atoms with E-state index in [9.17, 15) is 9.59 Å². The largest absolute Gasteiger partial charge is 0.353 e. The summed E-state index contributed by atoms with van der Waals surface area (Å²) in [6, 6.07) is 6.31. The molecule has 4 nitrogen and oxygen atoms in total. The molecule has 1 aromatic carbocycles. The van der Waals surface area contributed by atoms with Gasteiger partial charge in [0.15, 0.2) is 0 Å². The molecule has 0 radical (unpaired) electrons. The van der Waals surface area contributed by atoms with Crippen LogP contribution < -0.4 is 10.6 Å². The predicted octanol–water partition coefficient (Wildman–Crippen LogP) is 3.96. The summed E-state index contributed by atoms with van der Waals surface area (Å²) < 4.78 is 0. The van der Waals surface area contributed by atoms with E-state index in [1.807, 2.05) is 39.0 Å². The van der Waals surface area contributed by atoms with Crippen molar-refractivity contribution in [3.8, 4) is 0 Å². The van der Waals surface area contributed by atoms with Gasteiger partial charge < -0.3 is 10.6 Å². The number of carbonyl (C=O) groups is 2. The maximum Gasteiger partial charge on any atom is 0.227 e. The van der Waals surface area contributed by atoms with Crippen molar-refractivity contribution in [2.75, 3.05) is 5.32 Å². The topological polar surface area (TPSA) is 58.2 Å². The van der Waals surface area contributed by atoms with Gasteiger partial charge >= 0.3 is 0 Å². The van der Waals surface area contributed by atoms with E-state index in [1.165, 1.54) is 0 Å². The molecule has 0 aliphatic heterocycles. The lowest BCUT2D eigenvalue weighted by atomic mass is 9.81. The van der Waals surface area contributed by atoms with Gasteiger partial charge in [0.2, 0.25) is 11.8 Å². The molecule has 0 spiro atoms. The zero-order valence-electron chi connectivity index (χ0n) is 15.3. The highest BCUT2D eigenvalue weighted by Gasteiger charge is 2.30. The number of hydrogen-bond acceptors (Lipinski definition) is 2. The smallest absolute Gasteiger partial charge is 0.227 e. The normalized spacial score (nSPS) is 21.8. The third-order valence-electron chi connectivity index (χ3n) is 5.12. The summed E-state index contributed by atoms with van der Waals surface area (Å²) in [7, 11) is 0. The molecule has 24 heavy (non-hydrogen) atoms. The summed E-state index contributed by atoms with van der Waals surface area (Å²) in [6.45, 7) is 8.13. The first kappa shape index (κ1) is 18.5. The summed E-state index contributed by atoms with van der Waals surface area (Å²) in [5.41, 5.74) is 3.12. The molecular formula is C20H30N2O2. The number of benzene rings is 1. The van der Waals surface area contributed by atoms with Gasteiger partial charge in [0, 0.05) is 23.6 Å². The lowest BCUT2D eigenvalue weighted by molar-refractivity contribution is -0.129. The highest BCUT2D eigenvalue weighted by molar-refractivity contribution is 5.93. The zero-order chi connectivity index (χ0) is 17.7. The first-order valence-corrected chi connectivity index (χ1v) is 9.09. The predicted molar refractivity (Wildman–Crippen MR) is 97.9 cm³/mol. The highest BCUT2D eigenvalue weighted by atomic mass is 16.2. The molecule has 2 rings (SSSR count). The number of carbonyl (C=O) groups excluding carboxylic acids is 2. The van der Waals surface area contributed by atoms with E-state index >= 15 is 0 Å². The van der Waals surface area contributed by atoms with Gasteiger partial charge in [-0.2, -0.15) is 0 Å². The lowest BCUT2D eigenvalue weighted by Gasteiger charge is -2.28. The van der Waals surface area contributed by atoms with Gasteiger partial charge in [-0.25, -0.2) is 0 Å². The monoisotopic (exact) mass is 330 g/mol. The van der Waals surface area contributed by atoms with Crippen LogP contribution in [-0.4, -0.2) is 17.9 Å². The second-order valence-corrected chi connectivity index (χ2v) is 7.17. The summed E-state index contributed by atoms with van der Waals surface area (Å²) in [4.78, 5) is 24.7. The molecule has 2 amide bonds. The minimum Gasteiger partial charge on any atom is -0.353 e. The first-order valence-electron chi connectivity index (χ1n) is 9.09. The van der Waals surface area contributed by atoms with Crippen LogP contribution in [-0.2, 0) is 9.59 Å². The van der Waals surface area contributed by atoms with Gasteiger partial charge in [0.25, 0.3) is 0 Å². The average molecular weight is 330 g/mol. The molecule has 1 aliphatic carbocycles. The fraction of sp³-hybridized carbons (Fsp3) is 0.600. The van der Waals surface area contributed by atoms with Crippen molar-refractivity contribution >= 4 is 17.5 Å². The Morgan fingerprint density at radius 3 is 2.25 bits per heavy atom. The maximum absolute atomic E-state index is 12.5. The molecule has 1 saturated carbocycles. The van der Waals surface area contributed by atoms with E-state index in [0.29, 0.717) is 0 Å². The van der Waals surface area contributed by atoms with E-state index < -0.39 is 0 Å². The second-order valence-electron chi connectivity index (χ2n) is 7.17. The van der Waals surface area contributed by atoms with Crippen LogP contribution in [0.25, 0.3) is 0 Å². The number of anilines is 1. The molecule has 1 fully saturated rings. The van der Waals surface area contributed by atoms with Crippen molar-refractivity contribution in [1.29, 1.82) is 0 Å². The van der Waals surface area contributed by atoms with Gasteiger partial charge in [0.1, 0.15) is 0 Å². The van der Waals surface area contributed by atoms with Gasteiger partial charge in [-0.15, -0.1) is 0 Å². The summed E-state index contributed by atoms with van der Waals surface area (Å²) in [5, 5.41) is 6.12.